The molecule has 0 aliphatic carbocycles. The van der Waals surface area contributed by atoms with Gasteiger partial charge in [-0.25, -0.2) is 0 Å². The first kappa shape index (κ1) is 19.2. The maximum absolute atomic E-state index is 12.6. The molecular weight excluding hydrogens is 366 g/mol. The molecule has 0 saturated carbocycles. The SMILES string of the molecule is CCOc1ccccc1-c1noc(C2CCC(=O)N2Cc2ccc(C)cc2C)n1. The molecule has 29 heavy (non-hydrogen) atoms. The average molecular weight is 391 g/mol. The highest BCUT2D eigenvalue weighted by molar-refractivity contribution is 5.79. The maximum Gasteiger partial charge on any atom is 0.249 e. The first-order valence-electron chi connectivity index (χ1n) is 9.98. The largest absolute Gasteiger partial charge is 0.493 e. The molecule has 0 spiro atoms. The van der Waals surface area contributed by atoms with Gasteiger partial charge in [0.25, 0.3) is 0 Å². The van der Waals surface area contributed by atoms with Gasteiger partial charge in [-0.1, -0.05) is 41.1 Å². The topological polar surface area (TPSA) is 68.5 Å². The molecule has 1 aromatic heterocycles. The normalized spacial score (nSPS) is 16.4. The molecule has 1 amide bonds. The highest BCUT2D eigenvalue weighted by Gasteiger charge is 2.36. The van der Waals surface area contributed by atoms with Crippen LogP contribution in [0.5, 0.6) is 5.75 Å². The summed E-state index contributed by atoms with van der Waals surface area (Å²) in [5.74, 6) is 1.79. The number of aromatic nitrogens is 2. The van der Waals surface area contributed by atoms with Crippen LogP contribution in [0.2, 0.25) is 0 Å². The number of carbonyl (C=O) groups is 1. The van der Waals surface area contributed by atoms with Crippen LogP contribution >= 0.6 is 0 Å². The molecular formula is C23H25N3O3. The van der Waals surface area contributed by atoms with Crippen LogP contribution in [0.15, 0.2) is 47.0 Å². The van der Waals surface area contributed by atoms with E-state index in [-0.39, 0.29) is 11.9 Å². The summed E-state index contributed by atoms with van der Waals surface area (Å²) in [5, 5.41) is 4.17. The first-order valence-corrected chi connectivity index (χ1v) is 9.98. The molecule has 6 nitrogen and oxygen atoms in total. The van der Waals surface area contributed by atoms with Crippen LogP contribution in [0.25, 0.3) is 11.4 Å². The van der Waals surface area contributed by atoms with E-state index in [0.717, 1.165) is 16.9 Å². The molecule has 6 heteroatoms. The lowest BCUT2D eigenvalue weighted by Crippen LogP contribution is -2.27. The van der Waals surface area contributed by atoms with Crippen LogP contribution in [-0.4, -0.2) is 27.6 Å². The minimum absolute atomic E-state index is 0.115. The quantitative estimate of drug-likeness (QED) is 0.613. The molecule has 2 aromatic carbocycles. The number of likely N-dealkylation sites (tertiary alicyclic amines) is 1. The van der Waals surface area contributed by atoms with Crippen LogP contribution in [-0.2, 0) is 11.3 Å². The van der Waals surface area contributed by atoms with E-state index in [0.29, 0.717) is 37.7 Å². The Kier molecular flexibility index (Phi) is 5.34. The minimum Gasteiger partial charge on any atom is -0.493 e. The molecule has 0 N–H and O–H groups in total. The highest BCUT2D eigenvalue weighted by Crippen LogP contribution is 2.35. The van der Waals surface area contributed by atoms with Crippen molar-refractivity contribution in [3.05, 3.63) is 65.0 Å². The number of carbonyl (C=O) groups excluding carboxylic acids is 1. The number of amides is 1. The lowest BCUT2D eigenvalue weighted by Gasteiger charge is -2.23. The van der Waals surface area contributed by atoms with E-state index in [2.05, 4.69) is 42.2 Å². The highest BCUT2D eigenvalue weighted by atomic mass is 16.5. The summed E-state index contributed by atoms with van der Waals surface area (Å²) in [5.41, 5.74) is 4.32. The minimum atomic E-state index is -0.205. The summed E-state index contributed by atoms with van der Waals surface area (Å²) >= 11 is 0. The van der Waals surface area contributed by atoms with E-state index < -0.39 is 0 Å². The van der Waals surface area contributed by atoms with Gasteiger partial charge in [-0.05, 0) is 50.5 Å². The molecule has 1 fully saturated rings. The first-order chi connectivity index (χ1) is 14.1. The Bertz CT molecular complexity index is 1030. The molecule has 0 bridgehead atoms. The Hall–Kier alpha value is -3.15. The van der Waals surface area contributed by atoms with Crippen molar-refractivity contribution in [3.63, 3.8) is 0 Å². The predicted octanol–water partition coefficient (Wildman–Crippen LogP) is 4.62. The molecule has 1 aliphatic heterocycles. The molecule has 1 atom stereocenters. The fourth-order valence-electron chi connectivity index (χ4n) is 3.81. The van der Waals surface area contributed by atoms with Crippen molar-refractivity contribution in [2.24, 2.45) is 0 Å². The summed E-state index contributed by atoms with van der Waals surface area (Å²) < 4.78 is 11.3. The van der Waals surface area contributed by atoms with Gasteiger partial charge in [0, 0.05) is 13.0 Å². The maximum atomic E-state index is 12.6. The zero-order valence-electron chi connectivity index (χ0n) is 17.0. The Morgan fingerprint density at radius 1 is 1.21 bits per heavy atom. The van der Waals surface area contributed by atoms with Gasteiger partial charge in [-0.2, -0.15) is 4.98 Å². The number of hydrogen-bond acceptors (Lipinski definition) is 5. The number of ether oxygens (including phenoxy) is 1. The smallest absolute Gasteiger partial charge is 0.249 e. The van der Waals surface area contributed by atoms with Crippen molar-refractivity contribution in [1.29, 1.82) is 0 Å². The lowest BCUT2D eigenvalue weighted by molar-refractivity contribution is -0.130. The fraction of sp³-hybridized carbons (Fsp3) is 0.348. The van der Waals surface area contributed by atoms with Gasteiger partial charge in [-0.3, -0.25) is 4.79 Å². The van der Waals surface area contributed by atoms with E-state index in [1.807, 2.05) is 36.1 Å². The second-order valence-electron chi connectivity index (χ2n) is 7.39. The molecule has 1 unspecified atom stereocenters. The third-order valence-electron chi connectivity index (χ3n) is 5.32. The Morgan fingerprint density at radius 3 is 2.83 bits per heavy atom. The van der Waals surface area contributed by atoms with Crippen molar-refractivity contribution >= 4 is 5.91 Å². The number of nitrogens with zero attached hydrogens (tertiary/aromatic N) is 3. The number of para-hydroxylation sites is 1. The van der Waals surface area contributed by atoms with E-state index in [1.165, 1.54) is 11.1 Å². The number of benzene rings is 2. The fourth-order valence-corrected chi connectivity index (χ4v) is 3.81. The van der Waals surface area contributed by atoms with Crippen molar-refractivity contribution in [2.45, 2.75) is 46.2 Å². The van der Waals surface area contributed by atoms with E-state index in [1.54, 1.807) is 0 Å². The third-order valence-corrected chi connectivity index (χ3v) is 5.32. The molecule has 2 heterocycles. The molecule has 1 saturated heterocycles. The second kappa shape index (κ2) is 8.07. The van der Waals surface area contributed by atoms with E-state index >= 15 is 0 Å². The summed E-state index contributed by atoms with van der Waals surface area (Å²) in [6.45, 7) is 7.19. The van der Waals surface area contributed by atoms with Gasteiger partial charge in [-0.15, -0.1) is 0 Å². The van der Waals surface area contributed by atoms with Crippen molar-refractivity contribution in [1.82, 2.24) is 15.0 Å². The van der Waals surface area contributed by atoms with Crippen LogP contribution in [0.1, 0.15) is 48.4 Å². The van der Waals surface area contributed by atoms with E-state index in [4.69, 9.17) is 9.26 Å². The van der Waals surface area contributed by atoms with Crippen LogP contribution in [0.3, 0.4) is 0 Å². The molecule has 3 aromatic rings. The van der Waals surface area contributed by atoms with Crippen molar-refractivity contribution in [3.8, 4) is 17.1 Å². The number of rotatable bonds is 6. The third kappa shape index (κ3) is 3.88. The van der Waals surface area contributed by atoms with Crippen molar-refractivity contribution < 1.29 is 14.1 Å². The zero-order valence-corrected chi connectivity index (χ0v) is 17.0. The van der Waals surface area contributed by atoms with Gasteiger partial charge in [0.1, 0.15) is 11.8 Å². The Morgan fingerprint density at radius 2 is 2.03 bits per heavy atom. The van der Waals surface area contributed by atoms with Crippen molar-refractivity contribution in [2.75, 3.05) is 6.61 Å². The average Bonchev–Trinajstić information content (AvgIpc) is 3.32. The molecule has 0 radical (unpaired) electrons. The predicted molar refractivity (Wildman–Crippen MR) is 109 cm³/mol. The standard InChI is InChI=1S/C23H25N3O3/c1-4-28-20-8-6-5-7-18(20)22-24-23(29-25-22)19-11-12-21(27)26(19)14-17-10-9-15(2)13-16(17)3/h5-10,13,19H,4,11-12,14H2,1-3H3. The van der Waals surface area contributed by atoms with Crippen LogP contribution in [0, 0.1) is 13.8 Å². The summed E-state index contributed by atoms with van der Waals surface area (Å²) in [4.78, 5) is 19.0. The molecule has 1 aliphatic rings. The van der Waals surface area contributed by atoms with Gasteiger partial charge in [0.15, 0.2) is 0 Å². The summed E-state index contributed by atoms with van der Waals surface area (Å²) in [6, 6.07) is 13.7. The van der Waals surface area contributed by atoms with Gasteiger partial charge in [0.05, 0.1) is 12.2 Å². The van der Waals surface area contributed by atoms with Crippen LogP contribution < -0.4 is 4.74 Å². The number of hydrogen-bond donors (Lipinski definition) is 0. The molecule has 4 rings (SSSR count). The van der Waals surface area contributed by atoms with Crippen LogP contribution in [0.4, 0.5) is 0 Å². The second-order valence-corrected chi connectivity index (χ2v) is 7.39. The monoisotopic (exact) mass is 391 g/mol. The van der Waals surface area contributed by atoms with Gasteiger partial charge >= 0.3 is 0 Å². The Balaban J connectivity index is 1.60. The van der Waals surface area contributed by atoms with Gasteiger partial charge < -0.3 is 14.2 Å². The lowest BCUT2D eigenvalue weighted by atomic mass is 10.0. The Labute approximate surface area is 170 Å². The van der Waals surface area contributed by atoms with E-state index in [9.17, 15) is 4.79 Å². The summed E-state index contributed by atoms with van der Waals surface area (Å²) in [6.07, 6.45) is 1.17. The molecule has 150 valence electrons. The zero-order chi connectivity index (χ0) is 20.4. The summed E-state index contributed by atoms with van der Waals surface area (Å²) in [7, 11) is 0. The van der Waals surface area contributed by atoms with Gasteiger partial charge in [0.2, 0.25) is 17.6 Å². The number of aryl methyl sites for hydroxylation is 2.